The Morgan fingerprint density at radius 3 is 2.52 bits per heavy atom. The van der Waals surface area contributed by atoms with Crippen molar-refractivity contribution in [2.24, 2.45) is 11.3 Å². The number of hydrogen-bond acceptors (Lipinski definition) is 3. The van der Waals surface area contributed by atoms with Crippen LogP contribution >= 0.6 is 0 Å². The van der Waals surface area contributed by atoms with E-state index in [9.17, 15) is 4.79 Å². The van der Waals surface area contributed by atoms with Crippen LogP contribution in [0.25, 0.3) is 0 Å². The largest absolute Gasteiger partial charge is 0.355 e. The number of likely N-dealkylation sites (tertiary alicyclic amines) is 1. The van der Waals surface area contributed by atoms with Crippen molar-refractivity contribution in [3.05, 3.63) is 0 Å². The van der Waals surface area contributed by atoms with Gasteiger partial charge in [0.1, 0.15) is 0 Å². The molecule has 0 spiro atoms. The quantitative estimate of drug-likeness (QED) is 0.788. The van der Waals surface area contributed by atoms with E-state index in [1.165, 1.54) is 32.4 Å². The third-order valence-corrected chi connectivity index (χ3v) is 5.35. The molecule has 0 bridgehead atoms. The molecule has 2 fully saturated rings. The van der Waals surface area contributed by atoms with E-state index in [2.05, 4.69) is 29.4 Å². The van der Waals surface area contributed by atoms with Crippen LogP contribution in [0, 0.1) is 11.3 Å². The summed E-state index contributed by atoms with van der Waals surface area (Å²) in [7, 11) is 0. The average Bonchev–Trinajstić information content (AvgIpc) is 2.54. The molecule has 0 aromatic heterocycles. The molecule has 1 unspecified atom stereocenters. The Labute approximate surface area is 130 Å². The Morgan fingerprint density at radius 1 is 1.24 bits per heavy atom. The van der Waals surface area contributed by atoms with E-state index in [0.29, 0.717) is 5.92 Å². The third-order valence-electron chi connectivity index (χ3n) is 5.35. The molecule has 1 amide bonds. The van der Waals surface area contributed by atoms with Gasteiger partial charge in [0, 0.05) is 13.1 Å². The number of nitrogens with zero attached hydrogens (tertiary/aromatic N) is 1. The second-order valence-electron chi connectivity index (χ2n) is 7.06. The number of hydrogen-bond donors (Lipinski definition) is 2. The van der Waals surface area contributed by atoms with Gasteiger partial charge in [0.2, 0.25) is 5.91 Å². The number of amides is 1. The van der Waals surface area contributed by atoms with Crippen molar-refractivity contribution < 1.29 is 4.79 Å². The zero-order valence-electron chi connectivity index (χ0n) is 13.9. The third kappa shape index (κ3) is 4.68. The second kappa shape index (κ2) is 8.14. The van der Waals surface area contributed by atoms with Crippen molar-refractivity contribution in [3.63, 3.8) is 0 Å². The highest BCUT2D eigenvalue weighted by atomic mass is 16.2. The molecule has 2 N–H and O–H groups in total. The highest BCUT2D eigenvalue weighted by Crippen LogP contribution is 2.32. The molecule has 2 rings (SSSR count). The van der Waals surface area contributed by atoms with E-state index in [-0.39, 0.29) is 11.3 Å². The van der Waals surface area contributed by atoms with E-state index in [1.807, 2.05) is 0 Å². The van der Waals surface area contributed by atoms with Gasteiger partial charge < -0.3 is 15.5 Å². The molecule has 2 aliphatic heterocycles. The summed E-state index contributed by atoms with van der Waals surface area (Å²) in [6.07, 6.45) is 6.98. The fraction of sp³-hybridized carbons (Fsp3) is 0.941. The van der Waals surface area contributed by atoms with E-state index in [1.54, 1.807) is 0 Å². The molecule has 4 nitrogen and oxygen atoms in total. The SMILES string of the molecule is CCC1(C(=O)NCC(C)CN2CCCCC2)CCNCC1. The molecule has 2 aliphatic rings. The summed E-state index contributed by atoms with van der Waals surface area (Å²) < 4.78 is 0. The minimum absolute atomic E-state index is 0.115. The minimum atomic E-state index is -0.115. The maximum absolute atomic E-state index is 12.6. The summed E-state index contributed by atoms with van der Waals surface area (Å²) in [6, 6.07) is 0. The Bertz CT molecular complexity index is 320. The molecule has 0 aliphatic carbocycles. The highest BCUT2D eigenvalue weighted by molar-refractivity contribution is 5.82. The van der Waals surface area contributed by atoms with Gasteiger partial charge >= 0.3 is 0 Å². The lowest BCUT2D eigenvalue weighted by Crippen LogP contribution is -2.48. The van der Waals surface area contributed by atoms with E-state index < -0.39 is 0 Å². The highest BCUT2D eigenvalue weighted by Gasteiger charge is 2.37. The van der Waals surface area contributed by atoms with Gasteiger partial charge in [-0.05, 0) is 64.2 Å². The van der Waals surface area contributed by atoms with Crippen LogP contribution in [0.3, 0.4) is 0 Å². The molecule has 122 valence electrons. The molecule has 2 heterocycles. The normalized spacial score (nSPS) is 24.5. The molecule has 1 atom stereocenters. The zero-order valence-corrected chi connectivity index (χ0v) is 13.9. The predicted octanol–water partition coefficient (Wildman–Crippen LogP) is 2.00. The predicted molar refractivity (Wildman–Crippen MR) is 87.3 cm³/mol. The number of nitrogens with one attached hydrogen (secondary N) is 2. The van der Waals surface area contributed by atoms with Crippen molar-refractivity contribution in [1.29, 1.82) is 0 Å². The summed E-state index contributed by atoms with van der Waals surface area (Å²) in [6.45, 7) is 10.8. The van der Waals surface area contributed by atoms with Crippen LogP contribution in [-0.4, -0.2) is 50.1 Å². The Morgan fingerprint density at radius 2 is 1.90 bits per heavy atom. The van der Waals surface area contributed by atoms with Crippen molar-refractivity contribution in [3.8, 4) is 0 Å². The maximum Gasteiger partial charge on any atom is 0.226 e. The number of rotatable bonds is 6. The van der Waals surface area contributed by atoms with Gasteiger partial charge in [-0.1, -0.05) is 20.3 Å². The summed E-state index contributed by atoms with van der Waals surface area (Å²) in [5.74, 6) is 0.833. The molecule has 0 aromatic rings. The van der Waals surface area contributed by atoms with Gasteiger partial charge in [-0.15, -0.1) is 0 Å². The van der Waals surface area contributed by atoms with Crippen LogP contribution in [0.2, 0.25) is 0 Å². The monoisotopic (exact) mass is 295 g/mol. The zero-order chi connectivity index (χ0) is 15.1. The summed E-state index contributed by atoms with van der Waals surface area (Å²) in [5.41, 5.74) is -0.115. The molecular formula is C17H33N3O. The Kier molecular flexibility index (Phi) is 6.49. The van der Waals surface area contributed by atoms with Crippen LogP contribution in [0.1, 0.15) is 52.4 Å². The lowest BCUT2D eigenvalue weighted by Gasteiger charge is -2.36. The Hall–Kier alpha value is -0.610. The molecular weight excluding hydrogens is 262 g/mol. The number of piperidine rings is 2. The number of carbonyl (C=O) groups excluding carboxylic acids is 1. The van der Waals surface area contributed by atoms with Crippen LogP contribution in [-0.2, 0) is 4.79 Å². The molecule has 21 heavy (non-hydrogen) atoms. The van der Waals surface area contributed by atoms with Crippen LogP contribution in [0.15, 0.2) is 0 Å². The lowest BCUT2D eigenvalue weighted by atomic mass is 9.76. The van der Waals surface area contributed by atoms with Gasteiger partial charge in [-0.2, -0.15) is 0 Å². The minimum Gasteiger partial charge on any atom is -0.355 e. The fourth-order valence-corrected chi connectivity index (χ4v) is 3.75. The van der Waals surface area contributed by atoms with Gasteiger partial charge in [0.25, 0.3) is 0 Å². The van der Waals surface area contributed by atoms with Crippen molar-refractivity contribution in [1.82, 2.24) is 15.5 Å². The molecule has 4 heteroatoms. The van der Waals surface area contributed by atoms with E-state index in [4.69, 9.17) is 0 Å². The van der Waals surface area contributed by atoms with Crippen LogP contribution in [0.4, 0.5) is 0 Å². The smallest absolute Gasteiger partial charge is 0.226 e. The molecule has 0 radical (unpaired) electrons. The van der Waals surface area contributed by atoms with E-state index >= 15 is 0 Å². The van der Waals surface area contributed by atoms with Crippen molar-refractivity contribution in [2.45, 2.75) is 52.4 Å². The van der Waals surface area contributed by atoms with Crippen LogP contribution < -0.4 is 10.6 Å². The average molecular weight is 295 g/mol. The number of carbonyl (C=O) groups is 1. The fourth-order valence-electron chi connectivity index (χ4n) is 3.75. The summed E-state index contributed by atoms with van der Waals surface area (Å²) in [5, 5.41) is 6.60. The van der Waals surface area contributed by atoms with Crippen LogP contribution in [0.5, 0.6) is 0 Å². The first kappa shape index (κ1) is 16.8. The van der Waals surface area contributed by atoms with Crippen molar-refractivity contribution in [2.75, 3.05) is 39.3 Å². The Balaban J connectivity index is 1.74. The standard InChI is InChI=1S/C17H33N3O/c1-3-17(7-9-18-10-8-17)16(21)19-13-15(2)14-20-11-5-4-6-12-20/h15,18H,3-14H2,1-2H3,(H,19,21). The summed E-state index contributed by atoms with van der Waals surface area (Å²) in [4.78, 5) is 15.2. The molecule has 2 saturated heterocycles. The summed E-state index contributed by atoms with van der Waals surface area (Å²) >= 11 is 0. The first-order chi connectivity index (χ1) is 10.2. The second-order valence-corrected chi connectivity index (χ2v) is 7.06. The van der Waals surface area contributed by atoms with Gasteiger partial charge in [0.15, 0.2) is 0 Å². The van der Waals surface area contributed by atoms with Crippen molar-refractivity contribution >= 4 is 5.91 Å². The first-order valence-electron chi connectivity index (χ1n) is 8.88. The van der Waals surface area contributed by atoms with Gasteiger partial charge in [-0.25, -0.2) is 0 Å². The molecule has 0 saturated carbocycles. The van der Waals surface area contributed by atoms with E-state index in [0.717, 1.165) is 45.4 Å². The lowest BCUT2D eigenvalue weighted by molar-refractivity contribution is -0.133. The first-order valence-corrected chi connectivity index (χ1v) is 8.88. The van der Waals surface area contributed by atoms with Gasteiger partial charge in [-0.3, -0.25) is 4.79 Å². The topological polar surface area (TPSA) is 44.4 Å². The molecule has 0 aromatic carbocycles. The maximum atomic E-state index is 12.6. The van der Waals surface area contributed by atoms with Gasteiger partial charge in [0.05, 0.1) is 5.41 Å².